The van der Waals surface area contributed by atoms with Gasteiger partial charge in [-0.1, -0.05) is 12.1 Å². The molecule has 1 aliphatic rings. The molecule has 1 atom stereocenters. The Morgan fingerprint density at radius 1 is 1.55 bits per heavy atom. The minimum absolute atomic E-state index is 0.838. The molecule has 0 aliphatic carbocycles. The maximum absolute atomic E-state index is 9.20. The zero-order chi connectivity index (χ0) is 7.84. The van der Waals surface area contributed by atoms with Crippen LogP contribution < -0.4 is 0 Å². The highest BCUT2D eigenvalue weighted by atomic mass is 33.1. The molecule has 1 aliphatic heterocycles. The zero-order valence-electron chi connectivity index (χ0n) is 5.94. The number of fused-ring (bicyclic) bond motifs is 1. The highest BCUT2D eigenvalue weighted by molar-refractivity contribution is 8.68. The first-order chi connectivity index (χ1) is 5.27. The van der Waals surface area contributed by atoms with Gasteiger partial charge in [-0.2, -0.15) is 4.36 Å². The molecule has 11 heavy (non-hydrogen) atoms. The molecule has 1 N–H and O–H groups in total. The summed E-state index contributed by atoms with van der Waals surface area (Å²) < 4.78 is 13.3. The van der Waals surface area contributed by atoms with Crippen molar-refractivity contribution in [3.63, 3.8) is 0 Å². The van der Waals surface area contributed by atoms with E-state index in [9.17, 15) is 4.55 Å². The minimum atomic E-state index is -0.838. The summed E-state index contributed by atoms with van der Waals surface area (Å²) in [6.45, 7) is 2.03. The summed E-state index contributed by atoms with van der Waals surface area (Å²) in [5.41, 5.74) is 2.13. The maximum atomic E-state index is 9.20. The molecule has 1 aromatic rings. The van der Waals surface area contributed by atoms with E-state index in [0.29, 0.717) is 0 Å². The molecule has 2 rings (SSSR count). The van der Waals surface area contributed by atoms with E-state index in [1.54, 1.807) is 0 Å². The van der Waals surface area contributed by atoms with Gasteiger partial charge in [0.25, 0.3) is 0 Å². The van der Waals surface area contributed by atoms with Gasteiger partial charge in [0.05, 0.1) is 10.6 Å². The van der Waals surface area contributed by atoms with Crippen molar-refractivity contribution in [1.29, 1.82) is 0 Å². The Labute approximate surface area is 71.3 Å². The number of aryl methyl sites for hydroxylation is 1. The van der Waals surface area contributed by atoms with Crippen molar-refractivity contribution in [3.05, 3.63) is 23.8 Å². The summed E-state index contributed by atoms with van der Waals surface area (Å²) in [7, 11) is 0.596. The number of rotatable bonds is 0. The van der Waals surface area contributed by atoms with Gasteiger partial charge in [-0.15, -0.1) is 0 Å². The van der Waals surface area contributed by atoms with E-state index in [2.05, 4.69) is 4.36 Å². The average Bonchev–Trinajstić information content (AvgIpc) is 2.31. The fraction of sp³-hybridized carbons (Fsp3) is 0.143. The summed E-state index contributed by atoms with van der Waals surface area (Å²) in [5, 5.41) is 0. The average molecular weight is 185 g/mol. The van der Waals surface area contributed by atoms with Crippen LogP contribution in [0.1, 0.15) is 5.56 Å². The second-order valence-electron chi connectivity index (χ2n) is 2.33. The van der Waals surface area contributed by atoms with Crippen LogP contribution >= 0.6 is 10.8 Å². The van der Waals surface area contributed by atoms with Crippen LogP contribution in [-0.4, -0.2) is 4.55 Å². The Morgan fingerprint density at radius 3 is 3.09 bits per heavy atom. The summed E-state index contributed by atoms with van der Waals surface area (Å²) in [6.07, 6.45) is 0. The van der Waals surface area contributed by atoms with E-state index in [1.165, 1.54) is 16.4 Å². The molecule has 58 valence electrons. The first-order valence-corrected chi connectivity index (χ1v) is 5.68. The van der Waals surface area contributed by atoms with Crippen molar-refractivity contribution in [3.8, 4) is 0 Å². The lowest BCUT2D eigenvalue weighted by Gasteiger charge is -1.97. The van der Waals surface area contributed by atoms with E-state index in [1.807, 2.05) is 25.1 Å². The normalized spacial score (nSPS) is 21.1. The second-order valence-corrected chi connectivity index (χ2v) is 4.94. The SMILES string of the molecule is Cc1cccc2c1SS(O)=N2. The van der Waals surface area contributed by atoms with E-state index in [4.69, 9.17) is 0 Å². The van der Waals surface area contributed by atoms with Gasteiger partial charge < -0.3 is 4.55 Å². The molecule has 0 saturated heterocycles. The van der Waals surface area contributed by atoms with Crippen LogP contribution in [0.15, 0.2) is 27.5 Å². The maximum Gasteiger partial charge on any atom is 0.100 e. The highest BCUT2D eigenvalue weighted by Crippen LogP contribution is 2.41. The molecular formula is C7H7NOS2. The van der Waals surface area contributed by atoms with Crippen LogP contribution in [0.2, 0.25) is 0 Å². The number of nitrogens with zero attached hydrogens (tertiary/aromatic N) is 1. The summed E-state index contributed by atoms with van der Waals surface area (Å²) >= 11 is 0. The van der Waals surface area contributed by atoms with E-state index < -0.39 is 10.0 Å². The summed E-state index contributed by atoms with van der Waals surface area (Å²) in [6, 6.07) is 5.92. The topological polar surface area (TPSA) is 32.6 Å². The lowest BCUT2D eigenvalue weighted by molar-refractivity contribution is 0.663. The Hall–Kier alpha value is -0.320. The molecule has 1 heterocycles. The van der Waals surface area contributed by atoms with E-state index >= 15 is 0 Å². The van der Waals surface area contributed by atoms with Crippen molar-refractivity contribution in [2.75, 3.05) is 0 Å². The van der Waals surface area contributed by atoms with Gasteiger partial charge in [-0.25, -0.2) is 0 Å². The monoisotopic (exact) mass is 185 g/mol. The van der Waals surface area contributed by atoms with Crippen molar-refractivity contribution in [2.45, 2.75) is 11.8 Å². The van der Waals surface area contributed by atoms with Crippen LogP contribution in [0.3, 0.4) is 0 Å². The molecule has 1 aromatic carbocycles. The largest absolute Gasteiger partial charge is 0.313 e. The molecule has 0 bridgehead atoms. The molecule has 0 spiro atoms. The second kappa shape index (κ2) is 2.62. The molecule has 2 nitrogen and oxygen atoms in total. The van der Waals surface area contributed by atoms with Gasteiger partial charge in [-0.05, 0) is 29.3 Å². The van der Waals surface area contributed by atoms with Crippen molar-refractivity contribution in [1.82, 2.24) is 0 Å². The zero-order valence-corrected chi connectivity index (χ0v) is 7.58. The third kappa shape index (κ3) is 1.21. The molecule has 0 saturated carbocycles. The third-order valence-corrected chi connectivity index (χ3v) is 3.90. The highest BCUT2D eigenvalue weighted by Gasteiger charge is 2.14. The molecule has 0 fully saturated rings. The van der Waals surface area contributed by atoms with Crippen molar-refractivity contribution < 1.29 is 4.55 Å². The van der Waals surface area contributed by atoms with Gasteiger partial charge in [0.15, 0.2) is 0 Å². The first-order valence-electron chi connectivity index (χ1n) is 3.20. The quantitative estimate of drug-likeness (QED) is 0.630. The molecule has 0 radical (unpaired) electrons. The van der Waals surface area contributed by atoms with Gasteiger partial charge in [0.1, 0.15) is 10.0 Å². The Bertz CT molecular complexity index is 335. The van der Waals surface area contributed by atoms with Crippen LogP contribution in [0.4, 0.5) is 5.69 Å². The van der Waals surface area contributed by atoms with Crippen LogP contribution in [0.5, 0.6) is 0 Å². The van der Waals surface area contributed by atoms with Crippen LogP contribution in [0, 0.1) is 6.92 Å². The van der Waals surface area contributed by atoms with E-state index in [-0.39, 0.29) is 0 Å². The number of benzene rings is 1. The minimum Gasteiger partial charge on any atom is -0.313 e. The lowest BCUT2D eigenvalue weighted by Crippen LogP contribution is -1.74. The smallest absolute Gasteiger partial charge is 0.100 e. The Kier molecular flexibility index (Phi) is 1.75. The fourth-order valence-corrected chi connectivity index (χ4v) is 3.41. The third-order valence-electron chi connectivity index (χ3n) is 1.53. The summed E-state index contributed by atoms with van der Waals surface area (Å²) in [4.78, 5) is 1.12. The van der Waals surface area contributed by atoms with Gasteiger partial charge >= 0.3 is 0 Å². The lowest BCUT2D eigenvalue weighted by atomic mass is 10.2. The molecule has 4 heteroatoms. The predicted molar refractivity (Wildman–Crippen MR) is 49.1 cm³/mol. The van der Waals surface area contributed by atoms with Gasteiger partial charge in [-0.3, -0.25) is 0 Å². The summed E-state index contributed by atoms with van der Waals surface area (Å²) in [5.74, 6) is 0. The van der Waals surface area contributed by atoms with Crippen LogP contribution in [0.25, 0.3) is 0 Å². The molecular weight excluding hydrogens is 178 g/mol. The van der Waals surface area contributed by atoms with Gasteiger partial charge in [0.2, 0.25) is 0 Å². The molecule has 0 aromatic heterocycles. The molecule has 0 amide bonds. The van der Waals surface area contributed by atoms with E-state index in [0.717, 1.165) is 10.6 Å². The van der Waals surface area contributed by atoms with Crippen LogP contribution in [-0.2, 0) is 10.0 Å². The van der Waals surface area contributed by atoms with Gasteiger partial charge in [0, 0.05) is 0 Å². The Balaban J connectivity index is 2.59. The fourth-order valence-electron chi connectivity index (χ4n) is 0.995. The predicted octanol–water partition coefficient (Wildman–Crippen LogP) is 2.92. The molecule has 1 unspecified atom stereocenters. The number of hydrogen-bond donors (Lipinski definition) is 1. The number of hydrogen-bond acceptors (Lipinski definition) is 2. The Morgan fingerprint density at radius 2 is 2.36 bits per heavy atom. The van der Waals surface area contributed by atoms with Crippen molar-refractivity contribution in [2.24, 2.45) is 4.36 Å². The standard InChI is InChI=1S/C7H7NOS2/c1-5-3-2-4-6-7(5)10-11(9)8-6/h2-4H,1H3,(H,8,9). The first kappa shape index (κ1) is 7.34. The van der Waals surface area contributed by atoms with Crippen molar-refractivity contribution >= 4 is 26.5 Å².